The van der Waals surface area contributed by atoms with Crippen LogP contribution in [0.2, 0.25) is 0 Å². The van der Waals surface area contributed by atoms with E-state index in [-0.39, 0.29) is 12.2 Å². The number of hydrogen-bond acceptors (Lipinski definition) is 5. The minimum Gasteiger partial charge on any atom is -0.465 e. The van der Waals surface area contributed by atoms with E-state index >= 15 is 0 Å². The van der Waals surface area contributed by atoms with Crippen molar-refractivity contribution in [3.05, 3.63) is 47.7 Å². The molecule has 1 aromatic carbocycles. The summed E-state index contributed by atoms with van der Waals surface area (Å²) in [6.07, 6.45) is 0.874. The third kappa shape index (κ3) is 3.64. The monoisotopic (exact) mass is 235 g/mol. The van der Waals surface area contributed by atoms with Crippen molar-refractivity contribution in [3.63, 3.8) is 0 Å². The minimum absolute atomic E-state index is 0.0774. The highest BCUT2D eigenvalue weighted by Gasteiger charge is 2.19. The highest BCUT2D eigenvalue weighted by Crippen LogP contribution is 2.05. The number of hydrogen-bond donors (Lipinski definition) is 1. The van der Waals surface area contributed by atoms with Gasteiger partial charge in [0.1, 0.15) is 6.61 Å². The maximum atomic E-state index is 11.5. The Balaban J connectivity index is 2.58. The third-order valence-electron chi connectivity index (χ3n) is 2.00. The Labute approximate surface area is 98.8 Å². The van der Waals surface area contributed by atoms with Crippen LogP contribution in [0.1, 0.15) is 5.56 Å². The molecule has 17 heavy (non-hydrogen) atoms. The van der Waals surface area contributed by atoms with Gasteiger partial charge in [-0.15, -0.1) is 0 Å². The quantitative estimate of drug-likeness (QED) is 0.360. The molecule has 0 atom stereocenters. The van der Waals surface area contributed by atoms with Gasteiger partial charge in [0, 0.05) is 6.20 Å². The molecule has 0 aliphatic heterocycles. The van der Waals surface area contributed by atoms with E-state index < -0.39 is 11.9 Å². The Morgan fingerprint density at radius 3 is 2.41 bits per heavy atom. The Hall–Kier alpha value is -2.30. The van der Waals surface area contributed by atoms with Gasteiger partial charge in [-0.1, -0.05) is 30.3 Å². The molecule has 0 aliphatic rings. The lowest BCUT2D eigenvalue weighted by atomic mass is 10.2. The summed E-state index contributed by atoms with van der Waals surface area (Å²) in [5.74, 6) is -1.62. The molecule has 0 aliphatic carbocycles. The fourth-order valence-corrected chi connectivity index (χ4v) is 1.13. The second-order valence-electron chi connectivity index (χ2n) is 3.13. The van der Waals surface area contributed by atoms with E-state index in [1.165, 1.54) is 0 Å². The molecule has 0 fully saturated rings. The van der Waals surface area contributed by atoms with Crippen LogP contribution in [0.4, 0.5) is 0 Å². The molecule has 0 unspecified atom stereocenters. The van der Waals surface area contributed by atoms with Crippen LogP contribution in [0, 0.1) is 0 Å². The van der Waals surface area contributed by atoms with Crippen molar-refractivity contribution in [1.82, 2.24) is 0 Å². The summed E-state index contributed by atoms with van der Waals surface area (Å²) >= 11 is 0. The van der Waals surface area contributed by atoms with Crippen molar-refractivity contribution in [2.24, 2.45) is 5.73 Å². The molecule has 0 saturated carbocycles. The van der Waals surface area contributed by atoms with Crippen LogP contribution in [-0.4, -0.2) is 19.0 Å². The lowest BCUT2D eigenvalue weighted by Gasteiger charge is -2.06. The van der Waals surface area contributed by atoms with Crippen LogP contribution >= 0.6 is 0 Å². The number of ether oxygens (including phenoxy) is 2. The van der Waals surface area contributed by atoms with Crippen molar-refractivity contribution >= 4 is 11.9 Å². The molecule has 1 rings (SSSR count). The predicted octanol–water partition coefficient (Wildman–Crippen LogP) is 0.745. The summed E-state index contributed by atoms with van der Waals surface area (Å²) in [5, 5.41) is 0. The molecule has 0 bridgehead atoms. The van der Waals surface area contributed by atoms with E-state index in [4.69, 9.17) is 10.5 Å². The fraction of sp³-hybridized carbons (Fsp3) is 0.167. The van der Waals surface area contributed by atoms with Crippen molar-refractivity contribution in [2.45, 2.75) is 6.61 Å². The van der Waals surface area contributed by atoms with Crippen molar-refractivity contribution < 1.29 is 19.1 Å². The molecular weight excluding hydrogens is 222 g/mol. The number of methoxy groups -OCH3 is 1. The Kier molecular flexibility index (Phi) is 4.75. The maximum Gasteiger partial charge on any atom is 0.347 e. The summed E-state index contributed by atoms with van der Waals surface area (Å²) in [5.41, 5.74) is 5.66. The zero-order chi connectivity index (χ0) is 12.7. The second-order valence-corrected chi connectivity index (χ2v) is 3.13. The van der Waals surface area contributed by atoms with Crippen LogP contribution in [0.5, 0.6) is 0 Å². The molecule has 0 aromatic heterocycles. The zero-order valence-corrected chi connectivity index (χ0v) is 9.38. The van der Waals surface area contributed by atoms with Gasteiger partial charge in [0.25, 0.3) is 0 Å². The number of benzene rings is 1. The highest BCUT2D eigenvalue weighted by atomic mass is 16.5. The van der Waals surface area contributed by atoms with Gasteiger partial charge in [0.05, 0.1) is 7.11 Å². The SMILES string of the molecule is COC(=O)C(=CN)C(=O)OCc1ccccc1. The molecule has 0 saturated heterocycles. The standard InChI is InChI=1S/C12H13NO4/c1-16-11(14)10(7-13)12(15)17-8-9-5-3-2-4-6-9/h2-7H,8,13H2,1H3. The van der Waals surface area contributed by atoms with Crippen molar-refractivity contribution in [1.29, 1.82) is 0 Å². The van der Waals surface area contributed by atoms with Gasteiger partial charge in [-0.25, -0.2) is 9.59 Å². The van der Waals surface area contributed by atoms with Crippen LogP contribution < -0.4 is 5.73 Å². The van der Waals surface area contributed by atoms with Gasteiger partial charge in [-0.05, 0) is 5.56 Å². The Morgan fingerprint density at radius 1 is 1.24 bits per heavy atom. The zero-order valence-electron chi connectivity index (χ0n) is 9.38. The molecule has 0 heterocycles. The van der Waals surface area contributed by atoms with Gasteiger partial charge in [-0.2, -0.15) is 0 Å². The van der Waals surface area contributed by atoms with Crippen LogP contribution in [0.25, 0.3) is 0 Å². The first-order valence-corrected chi connectivity index (χ1v) is 4.90. The average molecular weight is 235 g/mol. The van der Waals surface area contributed by atoms with E-state index in [1.54, 1.807) is 12.1 Å². The number of carbonyl (C=O) groups excluding carboxylic acids is 2. The van der Waals surface area contributed by atoms with Gasteiger partial charge in [0.2, 0.25) is 0 Å². The summed E-state index contributed by atoms with van der Waals surface area (Å²) in [6, 6.07) is 9.10. The first-order chi connectivity index (χ1) is 8.19. The maximum absolute atomic E-state index is 11.5. The van der Waals surface area contributed by atoms with E-state index in [2.05, 4.69) is 4.74 Å². The third-order valence-corrected chi connectivity index (χ3v) is 2.00. The predicted molar refractivity (Wildman–Crippen MR) is 60.5 cm³/mol. The second kappa shape index (κ2) is 6.32. The molecule has 1 aromatic rings. The molecule has 0 radical (unpaired) electrons. The van der Waals surface area contributed by atoms with Crippen LogP contribution in [0.3, 0.4) is 0 Å². The minimum atomic E-state index is -0.814. The molecule has 0 amide bonds. The van der Waals surface area contributed by atoms with Crippen LogP contribution in [0.15, 0.2) is 42.1 Å². The fourth-order valence-electron chi connectivity index (χ4n) is 1.13. The van der Waals surface area contributed by atoms with Gasteiger partial charge < -0.3 is 15.2 Å². The molecule has 0 spiro atoms. The number of nitrogens with two attached hydrogens (primary N) is 1. The first-order valence-electron chi connectivity index (χ1n) is 4.90. The van der Waals surface area contributed by atoms with Gasteiger partial charge >= 0.3 is 11.9 Å². The molecule has 5 heteroatoms. The van der Waals surface area contributed by atoms with E-state index in [0.717, 1.165) is 18.9 Å². The molecule has 90 valence electrons. The largest absolute Gasteiger partial charge is 0.465 e. The lowest BCUT2D eigenvalue weighted by Crippen LogP contribution is -2.18. The van der Waals surface area contributed by atoms with E-state index in [1.807, 2.05) is 18.2 Å². The number of esters is 2. The number of carbonyl (C=O) groups is 2. The normalized spacial score (nSPS) is 10.8. The summed E-state index contributed by atoms with van der Waals surface area (Å²) in [6.45, 7) is 0.0774. The Morgan fingerprint density at radius 2 is 1.88 bits per heavy atom. The summed E-state index contributed by atoms with van der Waals surface area (Å²) in [7, 11) is 1.16. The lowest BCUT2D eigenvalue weighted by molar-refractivity contribution is -0.146. The summed E-state index contributed by atoms with van der Waals surface area (Å²) in [4.78, 5) is 22.6. The van der Waals surface area contributed by atoms with E-state index in [0.29, 0.717) is 0 Å². The van der Waals surface area contributed by atoms with Crippen molar-refractivity contribution in [2.75, 3.05) is 7.11 Å². The first kappa shape index (κ1) is 12.8. The molecule has 5 nitrogen and oxygen atoms in total. The molecule has 2 N–H and O–H groups in total. The molecular formula is C12H13NO4. The average Bonchev–Trinajstić information content (AvgIpc) is 2.38. The van der Waals surface area contributed by atoms with Crippen LogP contribution in [-0.2, 0) is 25.7 Å². The van der Waals surface area contributed by atoms with Crippen molar-refractivity contribution in [3.8, 4) is 0 Å². The highest BCUT2D eigenvalue weighted by molar-refractivity contribution is 6.13. The smallest absolute Gasteiger partial charge is 0.347 e. The summed E-state index contributed by atoms with van der Waals surface area (Å²) < 4.78 is 9.30. The Bertz CT molecular complexity index is 425. The van der Waals surface area contributed by atoms with Gasteiger partial charge in [0.15, 0.2) is 5.57 Å². The van der Waals surface area contributed by atoms with Gasteiger partial charge in [-0.3, -0.25) is 0 Å². The topological polar surface area (TPSA) is 78.6 Å². The number of rotatable bonds is 4. The van der Waals surface area contributed by atoms with E-state index in [9.17, 15) is 9.59 Å².